The SMILES string of the molecule is CC(=NNC(=O)c1ccc(C)cc1Cl)c1ccc(-c2ccccc2)cc1. The van der Waals surface area contributed by atoms with Crippen molar-refractivity contribution in [2.75, 3.05) is 0 Å². The molecule has 0 atom stereocenters. The molecule has 3 nitrogen and oxygen atoms in total. The van der Waals surface area contributed by atoms with Crippen LogP contribution in [0.4, 0.5) is 0 Å². The highest BCUT2D eigenvalue weighted by Crippen LogP contribution is 2.20. The van der Waals surface area contributed by atoms with Crippen LogP contribution >= 0.6 is 11.6 Å². The monoisotopic (exact) mass is 362 g/mol. The lowest BCUT2D eigenvalue weighted by atomic mass is 10.0. The number of nitrogens with one attached hydrogen (secondary N) is 1. The second-order valence-electron chi connectivity index (χ2n) is 6.06. The number of hydrazone groups is 1. The summed E-state index contributed by atoms with van der Waals surface area (Å²) < 4.78 is 0. The van der Waals surface area contributed by atoms with Gasteiger partial charge in [-0.3, -0.25) is 4.79 Å². The standard InChI is InChI=1S/C22H19ClN2O/c1-15-8-13-20(21(23)14-15)22(26)25-24-16(2)17-9-11-19(12-10-17)18-6-4-3-5-7-18/h3-14H,1-2H3,(H,25,26). The third-order valence-electron chi connectivity index (χ3n) is 4.10. The summed E-state index contributed by atoms with van der Waals surface area (Å²) in [5.41, 5.74) is 7.95. The maximum Gasteiger partial charge on any atom is 0.272 e. The number of nitrogens with zero attached hydrogens (tertiary/aromatic N) is 1. The molecule has 0 heterocycles. The quantitative estimate of drug-likeness (QED) is 0.485. The fraction of sp³-hybridized carbons (Fsp3) is 0.0909. The normalized spacial score (nSPS) is 11.3. The van der Waals surface area contributed by atoms with Crippen LogP contribution in [0.15, 0.2) is 77.9 Å². The van der Waals surface area contributed by atoms with E-state index in [0.717, 1.165) is 28.0 Å². The summed E-state index contributed by atoms with van der Waals surface area (Å²) >= 11 is 6.12. The first kappa shape index (κ1) is 17.9. The van der Waals surface area contributed by atoms with Crippen molar-refractivity contribution in [3.05, 3.63) is 94.5 Å². The van der Waals surface area contributed by atoms with Gasteiger partial charge in [-0.15, -0.1) is 0 Å². The predicted molar refractivity (Wildman–Crippen MR) is 108 cm³/mol. The average Bonchev–Trinajstić information content (AvgIpc) is 2.66. The van der Waals surface area contributed by atoms with E-state index in [9.17, 15) is 4.79 Å². The summed E-state index contributed by atoms with van der Waals surface area (Å²) in [6.45, 7) is 3.78. The van der Waals surface area contributed by atoms with Crippen LogP contribution in [0, 0.1) is 6.92 Å². The molecule has 26 heavy (non-hydrogen) atoms. The lowest BCUT2D eigenvalue weighted by molar-refractivity contribution is 0.0955. The Morgan fingerprint density at radius 1 is 0.923 bits per heavy atom. The van der Waals surface area contributed by atoms with Gasteiger partial charge in [0.1, 0.15) is 0 Å². The molecular formula is C22H19ClN2O. The maximum atomic E-state index is 12.2. The molecule has 0 saturated carbocycles. The van der Waals surface area contributed by atoms with Crippen LogP contribution in [0.3, 0.4) is 0 Å². The topological polar surface area (TPSA) is 41.5 Å². The minimum Gasteiger partial charge on any atom is -0.267 e. The van der Waals surface area contributed by atoms with Gasteiger partial charge in [0.15, 0.2) is 0 Å². The van der Waals surface area contributed by atoms with Crippen LogP contribution < -0.4 is 5.43 Å². The fourth-order valence-corrected chi connectivity index (χ4v) is 2.92. The predicted octanol–water partition coefficient (Wildman–Crippen LogP) is 5.47. The van der Waals surface area contributed by atoms with Crippen LogP contribution in [0.2, 0.25) is 5.02 Å². The molecule has 130 valence electrons. The van der Waals surface area contributed by atoms with Gasteiger partial charge in [-0.2, -0.15) is 5.10 Å². The summed E-state index contributed by atoms with van der Waals surface area (Å²) in [7, 11) is 0. The van der Waals surface area contributed by atoms with Gasteiger partial charge in [0.25, 0.3) is 5.91 Å². The molecule has 0 spiro atoms. The number of benzene rings is 3. The Bertz CT molecular complexity index is 948. The number of hydrogen-bond acceptors (Lipinski definition) is 2. The summed E-state index contributed by atoms with van der Waals surface area (Å²) in [6, 6.07) is 23.6. The van der Waals surface area contributed by atoms with E-state index in [2.05, 4.69) is 22.7 Å². The van der Waals surface area contributed by atoms with E-state index in [-0.39, 0.29) is 5.91 Å². The van der Waals surface area contributed by atoms with E-state index >= 15 is 0 Å². The molecule has 0 unspecified atom stereocenters. The van der Waals surface area contributed by atoms with E-state index in [4.69, 9.17) is 11.6 Å². The third kappa shape index (κ3) is 4.19. The zero-order chi connectivity index (χ0) is 18.5. The molecule has 0 aromatic heterocycles. The fourth-order valence-electron chi connectivity index (χ4n) is 2.60. The lowest BCUT2D eigenvalue weighted by Crippen LogP contribution is -2.19. The molecule has 1 N–H and O–H groups in total. The van der Waals surface area contributed by atoms with Gasteiger partial charge in [-0.1, -0.05) is 72.3 Å². The molecule has 4 heteroatoms. The second kappa shape index (κ2) is 7.98. The van der Waals surface area contributed by atoms with E-state index in [1.165, 1.54) is 0 Å². The van der Waals surface area contributed by atoms with Crippen molar-refractivity contribution in [1.29, 1.82) is 0 Å². The largest absolute Gasteiger partial charge is 0.272 e. The first-order valence-corrected chi connectivity index (χ1v) is 8.69. The highest BCUT2D eigenvalue weighted by atomic mass is 35.5. The van der Waals surface area contributed by atoms with Crippen LogP contribution in [0.5, 0.6) is 0 Å². The van der Waals surface area contributed by atoms with E-state index < -0.39 is 0 Å². The smallest absolute Gasteiger partial charge is 0.267 e. The van der Waals surface area contributed by atoms with E-state index in [1.807, 2.05) is 62.4 Å². The van der Waals surface area contributed by atoms with Crippen LogP contribution in [-0.2, 0) is 0 Å². The van der Waals surface area contributed by atoms with Gasteiger partial charge < -0.3 is 0 Å². The number of halogens is 1. The van der Waals surface area contributed by atoms with Crippen molar-refractivity contribution in [2.45, 2.75) is 13.8 Å². The number of aryl methyl sites for hydroxylation is 1. The molecule has 0 radical (unpaired) electrons. The Morgan fingerprint density at radius 2 is 1.58 bits per heavy atom. The Labute approximate surface area is 158 Å². The van der Waals surface area contributed by atoms with Crippen LogP contribution in [0.25, 0.3) is 11.1 Å². The molecular weight excluding hydrogens is 344 g/mol. The molecule has 0 aliphatic heterocycles. The highest BCUT2D eigenvalue weighted by molar-refractivity contribution is 6.33. The summed E-state index contributed by atoms with van der Waals surface area (Å²) in [4.78, 5) is 12.2. The van der Waals surface area contributed by atoms with Gasteiger partial charge in [0.2, 0.25) is 0 Å². The van der Waals surface area contributed by atoms with Crippen LogP contribution in [0.1, 0.15) is 28.4 Å². The number of carbonyl (C=O) groups is 1. The van der Waals surface area contributed by atoms with Crippen molar-refractivity contribution >= 4 is 23.2 Å². The van der Waals surface area contributed by atoms with Crippen molar-refractivity contribution in [1.82, 2.24) is 5.43 Å². The van der Waals surface area contributed by atoms with Crippen molar-refractivity contribution in [3.8, 4) is 11.1 Å². The van der Waals surface area contributed by atoms with Gasteiger partial charge in [-0.05, 0) is 48.2 Å². The molecule has 3 aromatic rings. The Balaban J connectivity index is 1.72. The van der Waals surface area contributed by atoms with E-state index in [1.54, 1.807) is 12.1 Å². The number of carbonyl (C=O) groups excluding carboxylic acids is 1. The summed E-state index contributed by atoms with van der Waals surface area (Å²) in [6.07, 6.45) is 0. The average molecular weight is 363 g/mol. The first-order chi connectivity index (χ1) is 12.5. The molecule has 0 bridgehead atoms. The van der Waals surface area contributed by atoms with E-state index in [0.29, 0.717) is 10.6 Å². The Kier molecular flexibility index (Phi) is 5.49. The lowest BCUT2D eigenvalue weighted by Gasteiger charge is -2.06. The summed E-state index contributed by atoms with van der Waals surface area (Å²) in [5.74, 6) is -0.324. The highest BCUT2D eigenvalue weighted by Gasteiger charge is 2.10. The molecule has 3 rings (SSSR count). The summed E-state index contributed by atoms with van der Waals surface area (Å²) in [5, 5.41) is 4.61. The van der Waals surface area contributed by atoms with Gasteiger partial charge in [-0.25, -0.2) is 5.43 Å². The number of rotatable bonds is 4. The zero-order valence-corrected chi connectivity index (χ0v) is 15.4. The van der Waals surface area contributed by atoms with Crippen molar-refractivity contribution < 1.29 is 4.79 Å². The molecule has 0 aliphatic carbocycles. The molecule has 0 saturated heterocycles. The van der Waals surface area contributed by atoms with Gasteiger partial charge in [0, 0.05) is 0 Å². The molecule has 1 amide bonds. The zero-order valence-electron chi connectivity index (χ0n) is 14.7. The molecule has 0 aliphatic rings. The molecule has 3 aromatic carbocycles. The maximum absolute atomic E-state index is 12.2. The number of hydrogen-bond donors (Lipinski definition) is 1. The minimum atomic E-state index is -0.324. The number of amides is 1. The first-order valence-electron chi connectivity index (χ1n) is 8.31. The van der Waals surface area contributed by atoms with Gasteiger partial charge >= 0.3 is 0 Å². The molecule has 0 fully saturated rings. The Hall–Kier alpha value is -2.91. The second-order valence-corrected chi connectivity index (χ2v) is 6.47. The van der Waals surface area contributed by atoms with Crippen molar-refractivity contribution in [2.24, 2.45) is 5.10 Å². The van der Waals surface area contributed by atoms with Crippen LogP contribution in [-0.4, -0.2) is 11.6 Å². The van der Waals surface area contributed by atoms with Gasteiger partial charge in [0.05, 0.1) is 16.3 Å². The minimum absolute atomic E-state index is 0.324. The van der Waals surface area contributed by atoms with Crippen molar-refractivity contribution in [3.63, 3.8) is 0 Å². The third-order valence-corrected chi connectivity index (χ3v) is 4.42. The Morgan fingerprint density at radius 3 is 2.23 bits per heavy atom.